The van der Waals surface area contributed by atoms with Gasteiger partial charge in [0.2, 0.25) is 0 Å². The number of ether oxygens (including phenoxy) is 2. The van der Waals surface area contributed by atoms with Crippen molar-refractivity contribution in [2.75, 3.05) is 6.61 Å². The summed E-state index contributed by atoms with van der Waals surface area (Å²) < 4.78 is 10.6. The van der Waals surface area contributed by atoms with E-state index in [0.717, 1.165) is 5.01 Å². The van der Waals surface area contributed by atoms with Crippen molar-refractivity contribution in [1.82, 2.24) is 15.8 Å². The number of amides is 2. The van der Waals surface area contributed by atoms with Crippen molar-refractivity contribution in [2.45, 2.75) is 24.5 Å². The molecule has 6 N–H and O–H groups in total. The second-order valence-corrected chi connectivity index (χ2v) is 5.54. The lowest BCUT2D eigenvalue weighted by atomic mass is 10.1. The fraction of sp³-hybridized carbons (Fsp3) is 0.333. The van der Waals surface area contributed by atoms with Gasteiger partial charge in [0.25, 0.3) is 0 Å². The molecule has 3 rings (SSSR count). The zero-order valence-corrected chi connectivity index (χ0v) is 13.0. The minimum atomic E-state index is -1.40. The van der Waals surface area contributed by atoms with Crippen molar-refractivity contribution in [1.29, 1.82) is 0 Å². The zero-order valence-electron chi connectivity index (χ0n) is 13.0. The molecule has 0 aliphatic carbocycles. The van der Waals surface area contributed by atoms with E-state index in [1.807, 2.05) is 0 Å². The Bertz CT molecular complexity index is 682. The predicted molar refractivity (Wildman–Crippen MR) is 83.2 cm³/mol. The SMILES string of the molecule is NC1=CNN([C@@H]2O[C@H](COC(=O)c3ccccc3)[C@@H](O)[C@@H]2O)C(=O)N1. The number of hydrogen-bond acceptors (Lipinski definition) is 8. The van der Waals surface area contributed by atoms with Gasteiger partial charge in [0, 0.05) is 0 Å². The van der Waals surface area contributed by atoms with E-state index in [4.69, 9.17) is 15.2 Å². The van der Waals surface area contributed by atoms with Gasteiger partial charge in [0.05, 0.1) is 11.8 Å². The van der Waals surface area contributed by atoms with Gasteiger partial charge >= 0.3 is 12.0 Å². The van der Waals surface area contributed by atoms with E-state index >= 15 is 0 Å². The van der Waals surface area contributed by atoms with Crippen molar-refractivity contribution >= 4 is 12.0 Å². The molecule has 4 atom stereocenters. The molecule has 1 aromatic rings. The number of benzene rings is 1. The summed E-state index contributed by atoms with van der Waals surface area (Å²) in [6, 6.07) is 7.67. The Kier molecular flexibility index (Phi) is 4.74. The molecule has 25 heavy (non-hydrogen) atoms. The quantitative estimate of drug-likeness (QED) is 0.416. The van der Waals surface area contributed by atoms with E-state index in [1.165, 1.54) is 6.20 Å². The predicted octanol–water partition coefficient (Wildman–Crippen LogP) is -1.42. The third kappa shape index (κ3) is 3.50. The van der Waals surface area contributed by atoms with E-state index in [-0.39, 0.29) is 12.4 Å². The number of aliphatic hydroxyl groups excluding tert-OH is 2. The molecule has 10 heteroatoms. The largest absolute Gasteiger partial charge is 0.459 e. The lowest BCUT2D eigenvalue weighted by Gasteiger charge is -2.32. The summed E-state index contributed by atoms with van der Waals surface area (Å²) >= 11 is 0. The van der Waals surface area contributed by atoms with Gasteiger partial charge in [-0.15, -0.1) is 0 Å². The Labute approximate surface area is 142 Å². The minimum Gasteiger partial charge on any atom is -0.459 e. The topological polar surface area (TPSA) is 146 Å². The number of esters is 1. The molecule has 1 fully saturated rings. The molecule has 2 aliphatic rings. The number of rotatable bonds is 4. The lowest BCUT2D eigenvalue weighted by molar-refractivity contribution is -0.0934. The molecular formula is C15H18N4O6. The number of nitrogens with zero attached hydrogens (tertiary/aromatic N) is 1. The maximum Gasteiger partial charge on any atom is 0.344 e. The fourth-order valence-electron chi connectivity index (χ4n) is 2.50. The van der Waals surface area contributed by atoms with E-state index in [1.54, 1.807) is 30.3 Å². The van der Waals surface area contributed by atoms with Crippen LogP contribution in [0.1, 0.15) is 10.4 Å². The van der Waals surface area contributed by atoms with Crippen LogP contribution in [0, 0.1) is 0 Å². The lowest BCUT2D eigenvalue weighted by Crippen LogP contribution is -2.59. The van der Waals surface area contributed by atoms with E-state index < -0.39 is 36.5 Å². The third-order valence-corrected chi connectivity index (χ3v) is 3.81. The second kappa shape index (κ2) is 6.97. The maximum atomic E-state index is 11.9. The standard InChI is InChI=1S/C15H18N4O6/c16-10-6-17-19(15(23)18-10)13-12(21)11(20)9(25-13)7-24-14(22)8-4-2-1-3-5-8/h1-6,9,11-13,17,20-21H,7,16H2,(H,18,23)/t9-,11-,12+,13-/m1/s1. The summed E-state index contributed by atoms with van der Waals surface area (Å²) in [5.41, 5.74) is 8.35. The Morgan fingerprint density at radius 1 is 1.28 bits per heavy atom. The first-order valence-electron chi connectivity index (χ1n) is 7.53. The van der Waals surface area contributed by atoms with Crippen LogP contribution in [0.4, 0.5) is 4.79 Å². The maximum absolute atomic E-state index is 11.9. The number of urea groups is 1. The molecule has 2 heterocycles. The van der Waals surface area contributed by atoms with Crippen molar-refractivity contribution < 1.29 is 29.3 Å². The van der Waals surface area contributed by atoms with Crippen molar-refractivity contribution in [3.05, 3.63) is 47.9 Å². The minimum absolute atomic E-state index is 0.0997. The summed E-state index contributed by atoms with van der Waals surface area (Å²) in [4.78, 5) is 23.8. The molecule has 0 saturated carbocycles. The smallest absolute Gasteiger partial charge is 0.344 e. The molecular weight excluding hydrogens is 332 g/mol. The highest BCUT2D eigenvalue weighted by Gasteiger charge is 2.48. The van der Waals surface area contributed by atoms with Gasteiger partial charge in [-0.05, 0) is 12.1 Å². The monoisotopic (exact) mass is 350 g/mol. The number of nitrogens with two attached hydrogens (primary N) is 1. The highest BCUT2D eigenvalue weighted by atomic mass is 16.6. The van der Waals surface area contributed by atoms with Crippen LogP contribution < -0.4 is 16.5 Å². The van der Waals surface area contributed by atoms with E-state index in [2.05, 4.69) is 10.7 Å². The molecule has 2 amide bonds. The van der Waals surface area contributed by atoms with Crippen LogP contribution in [0.3, 0.4) is 0 Å². The summed E-state index contributed by atoms with van der Waals surface area (Å²) in [7, 11) is 0. The van der Waals surface area contributed by atoms with Crippen LogP contribution in [0.5, 0.6) is 0 Å². The first-order valence-corrected chi connectivity index (χ1v) is 7.53. The van der Waals surface area contributed by atoms with Gasteiger partial charge in [-0.1, -0.05) is 18.2 Å². The van der Waals surface area contributed by atoms with Crippen molar-refractivity contribution in [2.24, 2.45) is 5.73 Å². The number of carbonyl (C=O) groups is 2. The van der Waals surface area contributed by atoms with Crippen LogP contribution in [0.2, 0.25) is 0 Å². The molecule has 0 radical (unpaired) electrons. The van der Waals surface area contributed by atoms with E-state index in [0.29, 0.717) is 5.56 Å². The molecule has 2 aliphatic heterocycles. The van der Waals surface area contributed by atoms with Crippen LogP contribution >= 0.6 is 0 Å². The number of aliphatic hydroxyl groups is 2. The van der Waals surface area contributed by atoms with Crippen LogP contribution in [0.15, 0.2) is 42.4 Å². The van der Waals surface area contributed by atoms with Crippen LogP contribution in [-0.4, -0.2) is 58.4 Å². The number of nitrogens with one attached hydrogen (secondary N) is 2. The Morgan fingerprint density at radius 3 is 2.68 bits per heavy atom. The van der Waals surface area contributed by atoms with Gasteiger partial charge in [0.1, 0.15) is 30.7 Å². The van der Waals surface area contributed by atoms with Crippen molar-refractivity contribution in [3.63, 3.8) is 0 Å². The fourth-order valence-corrected chi connectivity index (χ4v) is 2.50. The van der Waals surface area contributed by atoms with Gasteiger partial charge in [-0.25, -0.2) is 14.6 Å². The number of carbonyl (C=O) groups excluding carboxylic acids is 2. The Hall–Kier alpha value is -2.82. The van der Waals surface area contributed by atoms with Crippen LogP contribution in [-0.2, 0) is 9.47 Å². The number of hydrogen-bond donors (Lipinski definition) is 5. The summed E-state index contributed by atoms with van der Waals surface area (Å²) in [5.74, 6) is -0.485. The number of hydrazine groups is 1. The highest BCUT2D eigenvalue weighted by Crippen LogP contribution is 2.24. The Morgan fingerprint density at radius 2 is 2.00 bits per heavy atom. The van der Waals surface area contributed by atoms with Gasteiger partial charge in [0.15, 0.2) is 6.23 Å². The molecule has 0 aromatic heterocycles. The molecule has 0 spiro atoms. The molecule has 10 nitrogen and oxygen atoms in total. The van der Waals surface area contributed by atoms with Crippen LogP contribution in [0.25, 0.3) is 0 Å². The van der Waals surface area contributed by atoms with Gasteiger partial charge in [-0.3, -0.25) is 10.7 Å². The highest BCUT2D eigenvalue weighted by molar-refractivity contribution is 5.89. The molecule has 1 aromatic carbocycles. The molecule has 134 valence electrons. The third-order valence-electron chi connectivity index (χ3n) is 3.81. The average molecular weight is 350 g/mol. The average Bonchev–Trinajstić information content (AvgIpc) is 2.89. The normalized spacial score (nSPS) is 28.8. The van der Waals surface area contributed by atoms with Gasteiger partial charge in [-0.2, -0.15) is 0 Å². The zero-order chi connectivity index (χ0) is 18.0. The first-order chi connectivity index (χ1) is 12.0. The molecule has 0 unspecified atom stereocenters. The van der Waals surface area contributed by atoms with E-state index in [9.17, 15) is 19.8 Å². The summed E-state index contributed by atoms with van der Waals surface area (Å²) in [6.07, 6.45) is -3.62. The summed E-state index contributed by atoms with van der Waals surface area (Å²) in [5, 5.41) is 23.5. The second-order valence-electron chi connectivity index (χ2n) is 5.54. The summed E-state index contributed by atoms with van der Waals surface area (Å²) in [6.45, 7) is -0.282. The van der Waals surface area contributed by atoms with Crippen molar-refractivity contribution in [3.8, 4) is 0 Å². The molecule has 1 saturated heterocycles. The van der Waals surface area contributed by atoms with Gasteiger partial charge < -0.3 is 25.4 Å². The Balaban J connectivity index is 1.60. The first kappa shape index (κ1) is 17.0. The molecule has 0 bridgehead atoms.